The molecule has 0 bridgehead atoms. The summed E-state index contributed by atoms with van der Waals surface area (Å²) in [5, 5.41) is 2.53. The lowest BCUT2D eigenvalue weighted by Gasteiger charge is -2.24. The first kappa shape index (κ1) is 20.5. The lowest BCUT2D eigenvalue weighted by molar-refractivity contribution is -0.119. The van der Waals surface area contributed by atoms with E-state index >= 15 is 0 Å². The Morgan fingerprint density at radius 1 is 0.862 bits per heavy atom. The Labute approximate surface area is 167 Å². The van der Waals surface area contributed by atoms with Crippen molar-refractivity contribution in [3.05, 3.63) is 96.1 Å². The van der Waals surface area contributed by atoms with Crippen molar-refractivity contribution in [1.29, 1.82) is 0 Å². The summed E-state index contributed by atoms with van der Waals surface area (Å²) in [4.78, 5) is 12.3. The van der Waals surface area contributed by atoms with E-state index in [-0.39, 0.29) is 22.7 Å². The number of benzene rings is 3. The second-order valence-corrected chi connectivity index (χ2v) is 8.03. The monoisotopic (exact) mass is 416 g/mol. The van der Waals surface area contributed by atoms with E-state index in [4.69, 9.17) is 0 Å². The Hall–Kier alpha value is -3.26. The molecular formula is C21H18F2N2O3S. The van der Waals surface area contributed by atoms with Crippen molar-refractivity contribution in [2.24, 2.45) is 0 Å². The molecule has 0 aliphatic carbocycles. The maximum absolute atomic E-state index is 13.7. The van der Waals surface area contributed by atoms with Crippen molar-refractivity contribution in [2.75, 3.05) is 10.8 Å². The highest BCUT2D eigenvalue weighted by atomic mass is 32.2. The molecule has 0 aliphatic heterocycles. The van der Waals surface area contributed by atoms with Gasteiger partial charge < -0.3 is 5.32 Å². The standard InChI is InChI=1S/C21H18F2N2O3S/c22-17-10-12-19(13-11-17)29(27,28)25(18-7-2-1-3-8-18)15-21(26)24-14-16-6-4-5-9-20(16)23/h1-13H,14-15H2,(H,24,26). The van der Waals surface area contributed by atoms with E-state index < -0.39 is 34.1 Å². The van der Waals surface area contributed by atoms with Crippen LogP contribution < -0.4 is 9.62 Å². The van der Waals surface area contributed by atoms with Gasteiger partial charge in [0, 0.05) is 12.1 Å². The number of hydrogen-bond acceptors (Lipinski definition) is 3. The summed E-state index contributed by atoms with van der Waals surface area (Å²) in [6.45, 7) is -0.594. The second kappa shape index (κ2) is 8.83. The average molecular weight is 416 g/mol. The Morgan fingerprint density at radius 2 is 1.48 bits per heavy atom. The van der Waals surface area contributed by atoms with Gasteiger partial charge in [0.15, 0.2) is 0 Å². The number of sulfonamides is 1. The van der Waals surface area contributed by atoms with Gasteiger partial charge in [-0.05, 0) is 42.5 Å². The number of nitrogens with zero attached hydrogens (tertiary/aromatic N) is 1. The summed E-state index contributed by atoms with van der Waals surface area (Å²) >= 11 is 0. The molecule has 1 N–H and O–H groups in total. The van der Waals surface area contributed by atoms with Gasteiger partial charge in [-0.15, -0.1) is 0 Å². The molecule has 0 aliphatic rings. The molecule has 1 amide bonds. The second-order valence-electron chi connectivity index (χ2n) is 6.17. The Balaban J connectivity index is 1.84. The van der Waals surface area contributed by atoms with E-state index in [2.05, 4.69) is 5.32 Å². The van der Waals surface area contributed by atoms with E-state index in [0.29, 0.717) is 0 Å². The van der Waals surface area contributed by atoms with Gasteiger partial charge in [0.1, 0.15) is 18.2 Å². The number of para-hydroxylation sites is 1. The largest absolute Gasteiger partial charge is 0.350 e. The van der Waals surface area contributed by atoms with Crippen LogP contribution >= 0.6 is 0 Å². The fourth-order valence-electron chi connectivity index (χ4n) is 2.67. The van der Waals surface area contributed by atoms with E-state index in [1.807, 2.05) is 0 Å². The number of rotatable bonds is 7. The number of anilines is 1. The molecule has 5 nitrogen and oxygen atoms in total. The van der Waals surface area contributed by atoms with Gasteiger partial charge in [-0.3, -0.25) is 9.10 Å². The van der Waals surface area contributed by atoms with E-state index in [9.17, 15) is 22.0 Å². The molecule has 0 atom stereocenters. The van der Waals surface area contributed by atoms with E-state index in [0.717, 1.165) is 28.6 Å². The minimum Gasteiger partial charge on any atom is -0.350 e. The molecule has 0 spiro atoms. The molecule has 3 aromatic carbocycles. The van der Waals surface area contributed by atoms with E-state index in [1.54, 1.807) is 36.4 Å². The van der Waals surface area contributed by atoms with Crippen LogP contribution in [0.25, 0.3) is 0 Å². The fraction of sp³-hybridized carbons (Fsp3) is 0.0952. The third kappa shape index (κ3) is 4.97. The van der Waals surface area contributed by atoms with Crippen LogP contribution in [-0.4, -0.2) is 20.9 Å². The third-order valence-corrected chi connectivity index (χ3v) is 5.95. The van der Waals surface area contributed by atoms with Crippen LogP contribution in [0, 0.1) is 11.6 Å². The number of halogens is 2. The average Bonchev–Trinajstić information content (AvgIpc) is 2.72. The molecule has 0 unspecified atom stereocenters. The highest BCUT2D eigenvalue weighted by Gasteiger charge is 2.27. The highest BCUT2D eigenvalue weighted by molar-refractivity contribution is 7.92. The predicted octanol–water partition coefficient (Wildman–Crippen LogP) is 3.48. The first-order chi connectivity index (χ1) is 13.9. The van der Waals surface area contributed by atoms with Gasteiger partial charge in [-0.1, -0.05) is 36.4 Å². The molecule has 0 heterocycles. The van der Waals surface area contributed by atoms with Crippen LogP contribution in [0.1, 0.15) is 5.56 Å². The molecule has 8 heteroatoms. The van der Waals surface area contributed by atoms with Crippen molar-refractivity contribution in [2.45, 2.75) is 11.4 Å². The van der Waals surface area contributed by atoms with Crippen LogP contribution in [-0.2, 0) is 21.4 Å². The van der Waals surface area contributed by atoms with Gasteiger partial charge in [-0.2, -0.15) is 0 Å². The number of nitrogens with one attached hydrogen (secondary N) is 1. The highest BCUT2D eigenvalue weighted by Crippen LogP contribution is 2.23. The Kier molecular flexibility index (Phi) is 6.23. The number of carbonyl (C=O) groups excluding carboxylic acids is 1. The summed E-state index contributed by atoms with van der Waals surface area (Å²) in [7, 11) is -4.13. The molecule has 0 saturated carbocycles. The molecule has 0 radical (unpaired) electrons. The van der Waals surface area contributed by atoms with Gasteiger partial charge in [0.05, 0.1) is 10.6 Å². The summed E-state index contributed by atoms with van der Waals surface area (Å²) in [5.74, 6) is -1.65. The minimum absolute atomic E-state index is 0.0786. The molecule has 0 saturated heterocycles. The van der Waals surface area contributed by atoms with Crippen molar-refractivity contribution < 1.29 is 22.0 Å². The van der Waals surface area contributed by atoms with Gasteiger partial charge in [-0.25, -0.2) is 17.2 Å². The summed E-state index contributed by atoms with van der Waals surface area (Å²) in [6.07, 6.45) is 0. The Morgan fingerprint density at radius 3 is 2.14 bits per heavy atom. The minimum atomic E-state index is -4.13. The number of hydrogen-bond donors (Lipinski definition) is 1. The molecule has 3 aromatic rings. The molecule has 3 rings (SSSR count). The summed E-state index contributed by atoms with van der Waals surface area (Å²) < 4.78 is 54.0. The van der Waals surface area contributed by atoms with Crippen molar-refractivity contribution >= 4 is 21.6 Å². The van der Waals surface area contributed by atoms with Crippen LogP contribution in [0.5, 0.6) is 0 Å². The van der Waals surface area contributed by atoms with Gasteiger partial charge in [0.2, 0.25) is 5.91 Å². The predicted molar refractivity (Wildman–Crippen MR) is 106 cm³/mol. The third-order valence-electron chi connectivity index (χ3n) is 4.17. The van der Waals surface area contributed by atoms with Crippen LogP contribution in [0.15, 0.2) is 83.8 Å². The number of amides is 1. The zero-order valence-electron chi connectivity index (χ0n) is 15.3. The van der Waals surface area contributed by atoms with Crippen molar-refractivity contribution in [3.63, 3.8) is 0 Å². The summed E-state index contributed by atoms with van der Waals surface area (Å²) in [6, 6.07) is 18.4. The maximum Gasteiger partial charge on any atom is 0.264 e. The maximum atomic E-state index is 13.7. The van der Waals surface area contributed by atoms with E-state index in [1.165, 1.54) is 18.2 Å². The van der Waals surface area contributed by atoms with Crippen LogP contribution in [0.2, 0.25) is 0 Å². The molecule has 150 valence electrons. The van der Waals surface area contributed by atoms with Crippen molar-refractivity contribution in [1.82, 2.24) is 5.32 Å². The van der Waals surface area contributed by atoms with Crippen LogP contribution in [0.3, 0.4) is 0 Å². The smallest absolute Gasteiger partial charge is 0.264 e. The first-order valence-corrected chi connectivity index (χ1v) is 10.2. The SMILES string of the molecule is O=C(CN(c1ccccc1)S(=O)(=O)c1ccc(F)cc1)NCc1ccccc1F. The van der Waals surface area contributed by atoms with Crippen molar-refractivity contribution in [3.8, 4) is 0 Å². The first-order valence-electron chi connectivity index (χ1n) is 8.71. The van der Waals surface area contributed by atoms with Gasteiger partial charge in [0.25, 0.3) is 10.0 Å². The van der Waals surface area contributed by atoms with Gasteiger partial charge >= 0.3 is 0 Å². The quantitative estimate of drug-likeness (QED) is 0.641. The lowest BCUT2D eigenvalue weighted by atomic mass is 10.2. The molecule has 0 aromatic heterocycles. The normalized spacial score (nSPS) is 11.1. The van der Waals surface area contributed by atoms with Crippen LogP contribution in [0.4, 0.5) is 14.5 Å². The molecular weight excluding hydrogens is 398 g/mol. The number of carbonyl (C=O) groups is 1. The topological polar surface area (TPSA) is 66.5 Å². The molecule has 0 fully saturated rings. The zero-order chi connectivity index (χ0) is 20.9. The summed E-state index contributed by atoms with van der Waals surface area (Å²) in [5.41, 5.74) is 0.561. The fourth-order valence-corrected chi connectivity index (χ4v) is 4.09. The lowest BCUT2D eigenvalue weighted by Crippen LogP contribution is -2.40. The zero-order valence-corrected chi connectivity index (χ0v) is 16.1. The Bertz CT molecular complexity index is 1090. The molecule has 29 heavy (non-hydrogen) atoms.